The molecule has 0 spiro atoms. The van der Waals surface area contributed by atoms with Gasteiger partial charge in [-0.2, -0.15) is 5.10 Å². The molecule has 2 aromatic heterocycles. The van der Waals surface area contributed by atoms with Crippen molar-refractivity contribution in [3.8, 4) is 11.1 Å². The number of nitrogens with one attached hydrogen (secondary N) is 2. The van der Waals surface area contributed by atoms with Crippen molar-refractivity contribution in [1.82, 2.24) is 25.1 Å². The van der Waals surface area contributed by atoms with E-state index < -0.39 is 0 Å². The molecule has 7 nitrogen and oxygen atoms in total. The van der Waals surface area contributed by atoms with Gasteiger partial charge in [-0.25, -0.2) is 9.97 Å². The van der Waals surface area contributed by atoms with Crippen molar-refractivity contribution in [1.29, 1.82) is 0 Å². The molecule has 0 aliphatic heterocycles. The zero-order chi connectivity index (χ0) is 27.5. The molecular formula is C34H32N6O. The highest BCUT2D eigenvalue weighted by atomic mass is 16.1. The third kappa shape index (κ3) is 4.65. The van der Waals surface area contributed by atoms with Gasteiger partial charge in [-0.3, -0.25) is 9.48 Å². The van der Waals surface area contributed by atoms with Gasteiger partial charge in [0.1, 0.15) is 0 Å². The van der Waals surface area contributed by atoms with Gasteiger partial charge >= 0.3 is 0 Å². The van der Waals surface area contributed by atoms with Gasteiger partial charge in [-0.05, 0) is 109 Å². The van der Waals surface area contributed by atoms with Crippen molar-refractivity contribution in [2.45, 2.75) is 63.5 Å². The van der Waals surface area contributed by atoms with E-state index >= 15 is 0 Å². The molecule has 8 rings (SSSR count). The fraction of sp³-hybridized carbons (Fsp3) is 0.294. The quantitative estimate of drug-likeness (QED) is 0.229. The highest BCUT2D eigenvalue weighted by Gasteiger charge is 2.29. The Bertz CT molecular complexity index is 1820. The molecule has 3 aliphatic rings. The number of carbonyl (C=O) groups excluding carboxylic acids is 1. The Kier molecular flexibility index (Phi) is 5.65. The highest BCUT2D eigenvalue weighted by molar-refractivity contribution is 5.97. The van der Waals surface area contributed by atoms with Gasteiger partial charge < -0.3 is 10.6 Å². The summed E-state index contributed by atoms with van der Waals surface area (Å²) in [6.45, 7) is 2.15. The second kappa shape index (κ2) is 9.54. The van der Waals surface area contributed by atoms with Crippen molar-refractivity contribution >= 4 is 28.4 Å². The number of anilines is 2. The normalized spacial score (nSPS) is 17.9. The van der Waals surface area contributed by atoms with E-state index in [0.29, 0.717) is 23.5 Å². The van der Waals surface area contributed by atoms with E-state index in [0.717, 1.165) is 40.6 Å². The summed E-state index contributed by atoms with van der Waals surface area (Å²) in [6.07, 6.45) is 12.4. The molecule has 1 amide bonds. The Balaban J connectivity index is 1.06. The van der Waals surface area contributed by atoms with Crippen molar-refractivity contribution in [2.24, 2.45) is 0 Å². The average Bonchev–Trinajstić information content (AvgIpc) is 3.93. The molecule has 7 heteroatoms. The molecule has 0 saturated heterocycles. The smallest absolute Gasteiger partial charge is 0.251 e. The van der Waals surface area contributed by atoms with E-state index in [2.05, 4.69) is 70.1 Å². The summed E-state index contributed by atoms with van der Waals surface area (Å²) in [5, 5.41) is 12.0. The molecular weight excluding hydrogens is 508 g/mol. The number of rotatable bonds is 7. The monoisotopic (exact) mass is 540 g/mol. The lowest BCUT2D eigenvalue weighted by Crippen LogP contribution is -2.27. The van der Waals surface area contributed by atoms with Crippen molar-refractivity contribution in [3.63, 3.8) is 0 Å². The molecule has 204 valence electrons. The fourth-order valence-corrected chi connectivity index (χ4v) is 6.26. The molecule has 1 atom stereocenters. The number of hydrogen-bond donors (Lipinski definition) is 2. The second-order valence-corrected chi connectivity index (χ2v) is 11.8. The molecule has 2 N–H and O–H groups in total. The number of amides is 1. The van der Waals surface area contributed by atoms with Gasteiger partial charge in [0.25, 0.3) is 5.91 Å². The zero-order valence-corrected chi connectivity index (χ0v) is 23.1. The maximum Gasteiger partial charge on any atom is 0.251 e. The summed E-state index contributed by atoms with van der Waals surface area (Å²) in [5.74, 6) is 1.10. The summed E-state index contributed by atoms with van der Waals surface area (Å²) < 4.78 is 2.01. The van der Waals surface area contributed by atoms with Gasteiger partial charge in [0.15, 0.2) is 0 Å². The fourth-order valence-electron chi connectivity index (χ4n) is 6.26. The topological polar surface area (TPSA) is 84.7 Å². The molecule has 0 radical (unpaired) electrons. The number of carbonyl (C=O) groups is 1. The summed E-state index contributed by atoms with van der Waals surface area (Å²) >= 11 is 0. The molecule has 1 unspecified atom stereocenters. The van der Waals surface area contributed by atoms with Crippen LogP contribution in [-0.4, -0.2) is 25.7 Å². The summed E-state index contributed by atoms with van der Waals surface area (Å²) in [4.78, 5) is 22.8. The minimum atomic E-state index is -0.0159. The standard InChI is InChI=1S/C34H32N6O/c1-20-3-2-4-29-27(20)12-14-32(29)38-33(41)23-7-11-28(21-5-6-21)30(16-23)22-8-13-31-24(15-22)17-35-34(39-31)37-25-18-36-40(19-25)26-9-10-26/h2-4,7-8,11,13,15-19,21,26,32H,5-6,9-10,12,14H2,1H3,(H,38,41)(H,35,37,39). The largest absolute Gasteiger partial charge is 0.345 e. The average molecular weight is 541 g/mol. The van der Waals surface area contributed by atoms with Crippen LogP contribution in [0.3, 0.4) is 0 Å². The molecule has 3 aliphatic carbocycles. The lowest BCUT2D eigenvalue weighted by Gasteiger charge is -2.17. The maximum absolute atomic E-state index is 13.5. The van der Waals surface area contributed by atoms with E-state index in [-0.39, 0.29) is 11.9 Å². The predicted octanol–water partition coefficient (Wildman–Crippen LogP) is 7.17. The second-order valence-electron chi connectivity index (χ2n) is 11.8. The van der Waals surface area contributed by atoms with E-state index in [1.807, 2.05) is 35.4 Å². The van der Waals surface area contributed by atoms with Crippen LogP contribution < -0.4 is 10.6 Å². The molecule has 3 aromatic carbocycles. The van der Waals surface area contributed by atoms with Crippen LogP contribution in [0.5, 0.6) is 0 Å². The minimum absolute atomic E-state index is 0.0159. The van der Waals surface area contributed by atoms with Crippen LogP contribution in [0.4, 0.5) is 11.6 Å². The van der Waals surface area contributed by atoms with Crippen LogP contribution in [0.15, 0.2) is 73.2 Å². The lowest BCUT2D eigenvalue weighted by molar-refractivity contribution is 0.0936. The Morgan fingerprint density at radius 3 is 2.71 bits per heavy atom. The highest BCUT2D eigenvalue weighted by Crippen LogP contribution is 2.45. The molecule has 2 saturated carbocycles. The molecule has 41 heavy (non-hydrogen) atoms. The number of aryl methyl sites for hydroxylation is 1. The van der Waals surface area contributed by atoms with Crippen LogP contribution in [-0.2, 0) is 6.42 Å². The SMILES string of the molecule is Cc1cccc2c1CCC2NC(=O)c1ccc(C2CC2)c(-c2ccc3nc(Nc4cnn(C5CC5)c4)ncc3c2)c1. The zero-order valence-electron chi connectivity index (χ0n) is 23.1. The number of fused-ring (bicyclic) bond motifs is 2. The van der Waals surface area contributed by atoms with Gasteiger partial charge in [0.2, 0.25) is 5.95 Å². The minimum Gasteiger partial charge on any atom is -0.345 e. The van der Waals surface area contributed by atoms with E-state index in [1.54, 1.807) is 0 Å². The first kappa shape index (κ1) is 24.3. The third-order valence-corrected chi connectivity index (χ3v) is 8.81. The third-order valence-electron chi connectivity index (χ3n) is 8.81. The van der Waals surface area contributed by atoms with Gasteiger partial charge in [0.05, 0.1) is 29.5 Å². The number of nitrogens with zero attached hydrogens (tertiary/aromatic N) is 4. The van der Waals surface area contributed by atoms with Crippen molar-refractivity contribution in [3.05, 3.63) is 101 Å². The summed E-state index contributed by atoms with van der Waals surface area (Å²) in [6, 6.07) is 19.5. The van der Waals surface area contributed by atoms with Crippen LogP contribution >= 0.6 is 0 Å². The Labute approximate surface area is 239 Å². The van der Waals surface area contributed by atoms with Crippen LogP contribution in [0.25, 0.3) is 22.0 Å². The van der Waals surface area contributed by atoms with E-state index in [9.17, 15) is 4.79 Å². The van der Waals surface area contributed by atoms with E-state index in [1.165, 1.54) is 47.9 Å². The number of benzene rings is 3. The van der Waals surface area contributed by atoms with Gasteiger partial charge in [0, 0.05) is 23.3 Å². The Morgan fingerprint density at radius 1 is 0.951 bits per heavy atom. The predicted molar refractivity (Wildman–Crippen MR) is 160 cm³/mol. The number of hydrogen-bond acceptors (Lipinski definition) is 5. The first-order valence-electron chi connectivity index (χ1n) is 14.7. The van der Waals surface area contributed by atoms with E-state index in [4.69, 9.17) is 4.98 Å². The molecule has 2 heterocycles. The lowest BCUT2D eigenvalue weighted by atomic mass is 9.93. The first-order valence-corrected chi connectivity index (χ1v) is 14.7. The molecule has 0 bridgehead atoms. The van der Waals surface area contributed by atoms with Crippen molar-refractivity contribution < 1.29 is 4.79 Å². The van der Waals surface area contributed by atoms with Gasteiger partial charge in [-0.1, -0.05) is 30.3 Å². The molecule has 2 fully saturated rings. The Morgan fingerprint density at radius 2 is 1.85 bits per heavy atom. The first-order chi connectivity index (χ1) is 20.1. The van der Waals surface area contributed by atoms with Crippen LogP contribution in [0.1, 0.15) is 82.7 Å². The summed E-state index contributed by atoms with van der Waals surface area (Å²) in [5.41, 5.74) is 9.95. The number of aromatic nitrogens is 4. The molecule has 5 aromatic rings. The van der Waals surface area contributed by atoms with Crippen LogP contribution in [0, 0.1) is 6.92 Å². The Hall–Kier alpha value is -4.52. The summed E-state index contributed by atoms with van der Waals surface area (Å²) in [7, 11) is 0. The van der Waals surface area contributed by atoms with Crippen LogP contribution in [0.2, 0.25) is 0 Å². The van der Waals surface area contributed by atoms with Gasteiger partial charge in [-0.15, -0.1) is 0 Å². The van der Waals surface area contributed by atoms with Crippen molar-refractivity contribution in [2.75, 3.05) is 5.32 Å². The maximum atomic E-state index is 13.5.